The fourth-order valence-electron chi connectivity index (χ4n) is 2.84. The van der Waals surface area contributed by atoms with Crippen molar-refractivity contribution in [1.29, 1.82) is 5.26 Å². The molecule has 2 amide bonds. The minimum atomic E-state index is -4.00. The summed E-state index contributed by atoms with van der Waals surface area (Å²) in [5.74, 6) is 1.06. The average molecular weight is 548 g/mol. The van der Waals surface area contributed by atoms with E-state index in [9.17, 15) is 23.2 Å². The summed E-state index contributed by atoms with van der Waals surface area (Å²) in [6, 6.07) is 13.6. The van der Waals surface area contributed by atoms with Gasteiger partial charge in [-0.05, 0) is 48.0 Å². The van der Waals surface area contributed by atoms with Crippen molar-refractivity contribution in [2.24, 2.45) is 12.0 Å². The van der Waals surface area contributed by atoms with Crippen molar-refractivity contribution >= 4 is 23.5 Å². The highest BCUT2D eigenvalue weighted by atomic mass is 35.5. The molecule has 12 heteroatoms. The van der Waals surface area contributed by atoms with Crippen LogP contribution in [-0.4, -0.2) is 39.8 Å². The molecule has 0 aliphatic heterocycles. The molecular weight excluding hydrogens is 523 g/mol. The Morgan fingerprint density at radius 2 is 1.92 bits per heavy atom. The van der Waals surface area contributed by atoms with Gasteiger partial charge in [0.1, 0.15) is 24.2 Å². The zero-order valence-electron chi connectivity index (χ0n) is 20.9. The van der Waals surface area contributed by atoms with Gasteiger partial charge in [0.15, 0.2) is 0 Å². The Balaban J connectivity index is 0.000000926. The Kier molecular flexibility index (Phi) is 10.9. The number of carbonyl (C=O) groups is 1. The number of halogens is 4. The highest BCUT2D eigenvalue weighted by Gasteiger charge is 2.15. The van der Waals surface area contributed by atoms with Gasteiger partial charge in [-0.25, -0.2) is 4.79 Å². The molecule has 0 fully saturated rings. The Hall–Kier alpha value is -4.30. The lowest BCUT2D eigenvalue weighted by atomic mass is 10.1. The molecule has 3 aromatic rings. The van der Waals surface area contributed by atoms with E-state index < -0.39 is 12.2 Å². The summed E-state index contributed by atoms with van der Waals surface area (Å²) in [6.07, 6.45) is 0.871. The van der Waals surface area contributed by atoms with Gasteiger partial charge in [0, 0.05) is 37.8 Å². The molecule has 1 aromatic heterocycles. The number of hydrogen-bond donors (Lipinski definition) is 0. The Morgan fingerprint density at radius 3 is 2.47 bits per heavy atom. The second-order valence-electron chi connectivity index (χ2n) is 7.88. The van der Waals surface area contributed by atoms with Crippen molar-refractivity contribution in [3.8, 4) is 17.6 Å². The van der Waals surface area contributed by atoms with E-state index >= 15 is 0 Å². The molecule has 0 unspecified atom stereocenters. The van der Waals surface area contributed by atoms with E-state index in [1.807, 2.05) is 6.20 Å². The van der Waals surface area contributed by atoms with Crippen LogP contribution < -0.4 is 4.74 Å². The normalized spacial score (nSPS) is 11.1. The van der Waals surface area contributed by atoms with Gasteiger partial charge < -0.3 is 14.4 Å². The summed E-state index contributed by atoms with van der Waals surface area (Å²) < 4.78 is 44.1. The number of hydrogen-bond acceptors (Lipinski definition) is 5. The summed E-state index contributed by atoms with van der Waals surface area (Å²) in [7, 11) is 3.44. The number of nitrogens with zero attached hydrogens (tertiary/aromatic N) is 5. The second-order valence-corrected chi connectivity index (χ2v) is 8.32. The molecule has 0 atom stereocenters. The maximum atomic E-state index is 12.4. The van der Waals surface area contributed by atoms with Crippen LogP contribution in [0.15, 0.2) is 72.5 Å². The van der Waals surface area contributed by atoms with E-state index in [1.165, 1.54) is 11.0 Å². The number of aryl methyl sites for hydroxylation is 1. The fourth-order valence-corrected chi connectivity index (χ4v) is 2.97. The lowest BCUT2D eigenvalue weighted by molar-refractivity contribution is -0.110. The van der Waals surface area contributed by atoms with Crippen molar-refractivity contribution in [3.05, 3.63) is 89.2 Å². The van der Waals surface area contributed by atoms with Gasteiger partial charge in [-0.1, -0.05) is 24.2 Å². The van der Waals surface area contributed by atoms with Gasteiger partial charge in [0.25, 0.3) is 0 Å². The van der Waals surface area contributed by atoms with Crippen molar-refractivity contribution in [3.63, 3.8) is 0 Å². The first-order valence-electron chi connectivity index (χ1n) is 11.0. The van der Waals surface area contributed by atoms with Gasteiger partial charge >= 0.3 is 12.2 Å². The summed E-state index contributed by atoms with van der Waals surface area (Å²) in [5, 5.41) is 14.2. The Morgan fingerprint density at radius 1 is 1.26 bits per heavy atom. The summed E-state index contributed by atoms with van der Waals surface area (Å²) in [4.78, 5) is 17.8. The minimum Gasteiger partial charge on any atom is -0.473 e. The number of amides is 2. The Bertz CT molecular complexity index is 1310. The predicted molar refractivity (Wildman–Crippen MR) is 137 cm³/mol. The zero-order valence-corrected chi connectivity index (χ0v) is 21.6. The molecule has 3 rings (SSSR count). The van der Waals surface area contributed by atoms with Gasteiger partial charge in [-0.2, -0.15) is 28.5 Å². The summed E-state index contributed by atoms with van der Waals surface area (Å²) in [6.45, 7) is 4.30. The van der Waals surface area contributed by atoms with Gasteiger partial charge in [-0.3, -0.25) is 4.68 Å². The molecular formula is C26H25ClF3N5O3. The third kappa shape index (κ3) is 10.8. The standard InChI is InChI=1S/C24H22ClN5O3.C2H3F3/c1-4-23(28-24(31)29(2)14-18-13-27-30(3)15-18)32-16-17-5-10-22(19(11-17)12-26)33-21-8-6-20(25)7-9-21;1-2(3,4)5/h4-11,13,15H,1,14,16H2,2-3H3;1H3/b28-23+;. The Labute approximate surface area is 223 Å². The third-order valence-electron chi connectivity index (χ3n) is 4.48. The van der Waals surface area contributed by atoms with Crippen molar-refractivity contribution in [2.75, 3.05) is 7.05 Å². The molecule has 2 aromatic carbocycles. The van der Waals surface area contributed by atoms with E-state index in [0.29, 0.717) is 34.2 Å². The number of carbonyl (C=O) groups excluding carboxylic acids is 1. The second kappa shape index (κ2) is 13.9. The van der Waals surface area contributed by atoms with E-state index in [1.54, 1.807) is 67.4 Å². The number of benzene rings is 2. The molecule has 38 heavy (non-hydrogen) atoms. The van der Waals surface area contributed by atoms with Crippen LogP contribution in [-0.2, 0) is 24.9 Å². The van der Waals surface area contributed by atoms with E-state index in [-0.39, 0.29) is 19.4 Å². The van der Waals surface area contributed by atoms with Crippen molar-refractivity contribution in [1.82, 2.24) is 14.7 Å². The fraction of sp³-hybridized carbons (Fsp3) is 0.231. The first-order chi connectivity index (χ1) is 17.9. The lowest BCUT2D eigenvalue weighted by Crippen LogP contribution is -2.24. The summed E-state index contributed by atoms with van der Waals surface area (Å²) >= 11 is 5.89. The molecule has 0 saturated carbocycles. The molecule has 0 N–H and O–H groups in total. The highest BCUT2D eigenvalue weighted by molar-refractivity contribution is 6.30. The first kappa shape index (κ1) is 29.9. The monoisotopic (exact) mass is 547 g/mol. The maximum Gasteiger partial charge on any atom is 0.386 e. The van der Waals surface area contributed by atoms with E-state index in [2.05, 4.69) is 22.7 Å². The zero-order chi connectivity index (χ0) is 28.3. The van der Waals surface area contributed by atoms with Crippen LogP contribution in [0, 0.1) is 11.3 Å². The molecule has 0 bridgehead atoms. The van der Waals surface area contributed by atoms with Crippen LogP contribution in [0.2, 0.25) is 5.02 Å². The van der Waals surface area contributed by atoms with Crippen LogP contribution in [0.25, 0.3) is 0 Å². The number of ether oxygens (including phenoxy) is 2. The average Bonchev–Trinajstić information content (AvgIpc) is 3.26. The molecule has 0 aliphatic rings. The van der Waals surface area contributed by atoms with Crippen molar-refractivity contribution < 1.29 is 27.4 Å². The molecule has 8 nitrogen and oxygen atoms in total. The molecule has 0 spiro atoms. The molecule has 0 radical (unpaired) electrons. The van der Waals surface area contributed by atoms with Crippen LogP contribution in [0.1, 0.15) is 23.6 Å². The van der Waals surface area contributed by atoms with Gasteiger partial charge in [0.05, 0.1) is 18.3 Å². The minimum absolute atomic E-state index is 0.0815. The molecule has 1 heterocycles. The maximum absolute atomic E-state index is 12.4. The largest absolute Gasteiger partial charge is 0.473 e. The number of rotatable bonds is 7. The van der Waals surface area contributed by atoms with Crippen LogP contribution in [0.3, 0.4) is 0 Å². The third-order valence-corrected chi connectivity index (χ3v) is 4.73. The molecule has 0 saturated heterocycles. The predicted octanol–water partition coefficient (Wildman–Crippen LogP) is 6.66. The molecule has 200 valence electrons. The SMILES string of the molecule is C=C/C(=N\C(=O)N(C)Cc1cnn(C)c1)OCc1ccc(Oc2ccc(Cl)cc2)c(C#N)c1.CC(F)(F)F. The molecule has 0 aliphatic carbocycles. The van der Waals surface area contributed by atoms with E-state index in [0.717, 1.165) is 5.56 Å². The number of aliphatic imine (C=N–C) groups is 1. The van der Waals surface area contributed by atoms with Crippen LogP contribution >= 0.6 is 11.6 Å². The number of alkyl halides is 3. The lowest BCUT2D eigenvalue weighted by Gasteiger charge is -2.14. The van der Waals surface area contributed by atoms with Gasteiger partial charge in [-0.15, -0.1) is 0 Å². The topological polar surface area (TPSA) is 92.7 Å². The number of nitriles is 1. The van der Waals surface area contributed by atoms with Crippen LogP contribution in [0.5, 0.6) is 11.5 Å². The van der Waals surface area contributed by atoms with E-state index in [4.69, 9.17) is 21.1 Å². The van der Waals surface area contributed by atoms with Crippen molar-refractivity contribution in [2.45, 2.75) is 26.3 Å². The summed E-state index contributed by atoms with van der Waals surface area (Å²) in [5.41, 5.74) is 1.94. The number of aromatic nitrogens is 2. The smallest absolute Gasteiger partial charge is 0.386 e. The van der Waals surface area contributed by atoms with Crippen LogP contribution in [0.4, 0.5) is 18.0 Å². The van der Waals surface area contributed by atoms with Gasteiger partial charge in [0.2, 0.25) is 5.90 Å². The number of urea groups is 1. The highest BCUT2D eigenvalue weighted by Crippen LogP contribution is 2.27. The quantitative estimate of drug-likeness (QED) is 0.243. The first-order valence-corrected chi connectivity index (χ1v) is 11.4.